The fourth-order valence-electron chi connectivity index (χ4n) is 2.25. The van der Waals surface area contributed by atoms with Gasteiger partial charge in [0.1, 0.15) is 5.69 Å². The lowest BCUT2D eigenvalue weighted by Crippen LogP contribution is -2.45. The van der Waals surface area contributed by atoms with Crippen LogP contribution in [-0.2, 0) is 13.5 Å². The normalized spacial score (nSPS) is 11.3. The Morgan fingerprint density at radius 2 is 2.00 bits per heavy atom. The highest BCUT2D eigenvalue weighted by Gasteiger charge is 2.26. The summed E-state index contributed by atoms with van der Waals surface area (Å²) in [6.07, 6.45) is 1.26. The number of hydrogen-bond donors (Lipinski definition) is 1. The van der Waals surface area contributed by atoms with E-state index in [0.717, 1.165) is 5.69 Å². The predicted molar refractivity (Wildman–Crippen MR) is 88.0 cm³/mol. The van der Waals surface area contributed by atoms with Crippen LogP contribution in [0.3, 0.4) is 0 Å². The van der Waals surface area contributed by atoms with E-state index in [0.29, 0.717) is 28.4 Å². The standard InChI is InChI=1S/C16H18BrN3O2/c1-16(2,18-15(22)11-7-5-4-6-8-11)9-13-14(17)12(10-21)19-20(13)3/h4-8,10H,9H2,1-3H3,(H,18,22). The summed E-state index contributed by atoms with van der Waals surface area (Å²) in [6, 6.07) is 9.08. The summed E-state index contributed by atoms with van der Waals surface area (Å²) < 4.78 is 2.33. The van der Waals surface area contributed by atoms with Gasteiger partial charge in [0, 0.05) is 24.6 Å². The Hall–Kier alpha value is -1.95. The number of aromatic nitrogens is 2. The molecule has 0 aliphatic carbocycles. The molecule has 116 valence electrons. The maximum Gasteiger partial charge on any atom is 0.251 e. The van der Waals surface area contributed by atoms with E-state index < -0.39 is 5.54 Å². The van der Waals surface area contributed by atoms with Crippen molar-refractivity contribution in [1.82, 2.24) is 15.1 Å². The molecule has 1 amide bonds. The van der Waals surface area contributed by atoms with Gasteiger partial charge < -0.3 is 5.32 Å². The molecule has 0 aliphatic rings. The van der Waals surface area contributed by atoms with Crippen LogP contribution in [0.5, 0.6) is 0 Å². The summed E-state index contributed by atoms with van der Waals surface area (Å²) in [6.45, 7) is 3.88. The summed E-state index contributed by atoms with van der Waals surface area (Å²) >= 11 is 3.40. The number of halogens is 1. The minimum absolute atomic E-state index is 0.125. The minimum atomic E-state index is -0.483. The zero-order valence-corrected chi connectivity index (χ0v) is 14.3. The first-order valence-corrected chi connectivity index (χ1v) is 7.67. The Bertz CT molecular complexity index is 693. The number of benzene rings is 1. The summed E-state index contributed by atoms with van der Waals surface area (Å²) in [5.74, 6) is -0.125. The van der Waals surface area contributed by atoms with Crippen LogP contribution >= 0.6 is 15.9 Å². The molecule has 0 radical (unpaired) electrons. The zero-order chi connectivity index (χ0) is 16.3. The molecule has 1 N–H and O–H groups in total. The van der Waals surface area contributed by atoms with Gasteiger partial charge in [-0.1, -0.05) is 18.2 Å². The quantitative estimate of drug-likeness (QED) is 0.830. The SMILES string of the molecule is Cn1nc(C=O)c(Br)c1CC(C)(C)NC(=O)c1ccccc1. The van der Waals surface area contributed by atoms with Crippen LogP contribution in [0, 0.1) is 0 Å². The second-order valence-corrected chi connectivity index (χ2v) is 6.56. The fraction of sp³-hybridized carbons (Fsp3) is 0.312. The molecule has 1 heterocycles. The monoisotopic (exact) mass is 363 g/mol. The maximum absolute atomic E-state index is 12.3. The maximum atomic E-state index is 12.3. The number of amides is 1. The minimum Gasteiger partial charge on any atom is -0.347 e. The number of rotatable bonds is 5. The highest BCUT2D eigenvalue weighted by atomic mass is 79.9. The number of carbonyl (C=O) groups excluding carboxylic acids is 2. The molecule has 0 fully saturated rings. The van der Waals surface area contributed by atoms with Gasteiger partial charge in [0.25, 0.3) is 5.91 Å². The summed E-state index contributed by atoms with van der Waals surface area (Å²) in [7, 11) is 1.78. The second-order valence-electron chi connectivity index (χ2n) is 5.77. The van der Waals surface area contributed by atoms with Crippen molar-refractivity contribution in [2.75, 3.05) is 0 Å². The molecule has 2 rings (SSSR count). The molecule has 2 aromatic rings. The average Bonchev–Trinajstić information content (AvgIpc) is 2.74. The van der Waals surface area contributed by atoms with E-state index in [1.54, 1.807) is 23.9 Å². The third kappa shape index (κ3) is 3.62. The van der Waals surface area contributed by atoms with Crippen molar-refractivity contribution in [3.8, 4) is 0 Å². The van der Waals surface area contributed by atoms with Crippen LogP contribution in [0.1, 0.15) is 40.4 Å². The first kappa shape index (κ1) is 16.4. The third-order valence-electron chi connectivity index (χ3n) is 3.34. The van der Waals surface area contributed by atoms with Gasteiger partial charge in [-0.25, -0.2) is 0 Å². The molecule has 0 spiro atoms. The molecule has 6 heteroatoms. The molecule has 0 saturated heterocycles. The molecular formula is C16H18BrN3O2. The molecular weight excluding hydrogens is 346 g/mol. The van der Waals surface area contributed by atoms with Crippen molar-refractivity contribution >= 4 is 28.1 Å². The summed E-state index contributed by atoms with van der Waals surface area (Å²) in [4.78, 5) is 23.2. The molecule has 5 nitrogen and oxygen atoms in total. The number of carbonyl (C=O) groups is 2. The van der Waals surface area contributed by atoms with E-state index in [9.17, 15) is 9.59 Å². The Morgan fingerprint density at radius 1 is 1.36 bits per heavy atom. The van der Waals surface area contributed by atoms with Gasteiger partial charge in [0.15, 0.2) is 6.29 Å². The summed E-state index contributed by atoms with van der Waals surface area (Å²) in [5.41, 5.74) is 1.36. The van der Waals surface area contributed by atoms with Gasteiger partial charge in [-0.15, -0.1) is 0 Å². The molecule has 22 heavy (non-hydrogen) atoms. The van der Waals surface area contributed by atoms with E-state index in [-0.39, 0.29) is 5.91 Å². The van der Waals surface area contributed by atoms with Crippen LogP contribution in [0.4, 0.5) is 0 Å². The van der Waals surface area contributed by atoms with E-state index in [1.807, 2.05) is 32.0 Å². The van der Waals surface area contributed by atoms with Crippen LogP contribution in [0.15, 0.2) is 34.8 Å². The van der Waals surface area contributed by atoms with Crippen molar-refractivity contribution in [3.05, 3.63) is 51.8 Å². The van der Waals surface area contributed by atoms with Gasteiger partial charge in [-0.05, 0) is 41.9 Å². The lowest BCUT2D eigenvalue weighted by atomic mass is 9.97. The van der Waals surface area contributed by atoms with Gasteiger partial charge in [-0.2, -0.15) is 5.10 Å². The molecule has 0 aliphatic heterocycles. The van der Waals surface area contributed by atoms with Gasteiger partial charge in [-0.3, -0.25) is 14.3 Å². The highest BCUT2D eigenvalue weighted by molar-refractivity contribution is 9.10. The molecule has 0 unspecified atom stereocenters. The predicted octanol–water partition coefficient (Wildman–Crippen LogP) is 2.75. The number of nitrogens with zero attached hydrogens (tertiary/aromatic N) is 2. The number of nitrogens with one attached hydrogen (secondary N) is 1. The Kier molecular flexibility index (Phi) is 4.81. The fourth-order valence-corrected chi connectivity index (χ4v) is 2.82. The first-order chi connectivity index (χ1) is 10.3. The first-order valence-electron chi connectivity index (χ1n) is 6.88. The van der Waals surface area contributed by atoms with E-state index in [4.69, 9.17) is 0 Å². The van der Waals surface area contributed by atoms with Crippen LogP contribution in [-0.4, -0.2) is 27.5 Å². The second kappa shape index (κ2) is 6.44. The van der Waals surface area contributed by atoms with Crippen LogP contribution in [0.2, 0.25) is 0 Å². The van der Waals surface area contributed by atoms with Crippen molar-refractivity contribution < 1.29 is 9.59 Å². The topological polar surface area (TPSA) is 64.0 Å². The van der Waals surface area contributed by atoms with E-state index in [2.05, 4.69) is 26.3 Å². The molecule has 1 aromatic heterocycles. The van der Waals surface area contributed by atoms with Gasteiger partial charge >= 0.3 is 0 Å². The number of hydrogen-bond acceptors (Lipinski definition) is 3. The number of aldehydes is 1. The van der Waals surface area contributed by atoms with Crippen molar-refractivity contribution in [1.29, 1.82) is 0 Å². The van der Waals surface area contributed by atoms with E-state index in [1.165, 1.54) is 0 Å². The summed E-state index contributed by atoms with van der Waals surface area (Å²) in [5, 5.41) is 7.15. The Labute approximate surface area is 137 Å². The lowest BCUT2D eigenvalue weighted by molar-refractivity contribution is 0.0912. The van der Waals surface area contributed by atoms with Crippen LogP contribution < -0.4 is 5.32 Å². The lowest BCUT2D eigenvalue weighted by Gasteiger charge is -2.26. The van der Waals surface area contributed by atoms with E-state index >= 15 is 0 Å². The molecule has 0 atom stereocenters. The molecule has 0 bridgehead atoms. The Balaban J connectivity index is 2.16. The smallest absolute Gasteiger partial charge is 0.251 e. The van der Waals surface area contributed by atoms with Gasteiger partial charge in [0.2, 0.25) is 0 Å². The van der Waals surface area contributed by atoms with Crippen molar-refractivity contribution in [3.63, 3.8) is 0 Å². The number of aryl methyl sites for hydroxylation is 1. The highest BCUT2D eigenvalue weighted by Crippen LogP contribution is 2.24. The van der Waals surface area contributed by atoms with Gasteiger partial charge in [0.05, 0.1) is 10.2 Å². The molecule has 1 aromatic carbocycles. The average molecular weight is 364 g/mol. The van der Waals surface area contributed by atoms with Crippen LogP contribution in [0.25, 0.3) is 0 Å². The third-order valence-corrected chi connectivity index (χ3v) is 4.20. The Morgan fingerprint density at radius 3 is 2.55 bits per heavy atom. The molecule has 0 saturated carbocycles. The largest absolute Gasteiger partial charge is 0.347 e. The van der Waals surface area contributed by atoms with Crippen molar-refractivity contribution in [2.24, 2.45) is 7.05 Å². The zero-order valence-electron chi connectivity index (χ0n) is 12.8. The van der Waals surface area contributed by atoms with Crippen molar-refractivity contribution in [2.45, 2.75) is 25.8 Å².